The number of likely N-dealkylation sites (N-methyl/N-ethyl adjacent to an activating group) is 1. The van der Waals surface area contributed by atoms with Crippen molar-refractivity contribution in [3.8, 4) is 5.75 Å². The molecule has 17 heavy (non-hydrogen) atoms. The maximum atomic E-state index is 9.62. The molecule has 0 radical (unpaired) electrons. The number of hydrogen-bond acceptors (Lipinski definition) is 3. The Morgan fingerprint density at radius 2 is 2.18 bits per heavy atom. The summed E-state index contributed by atoms with van der Waals surface area (Å²) in [6, 6.07) is 6.20. The van der Waals surface area contributed by atoms with Crippen LogP contribution in [0.1, 0.15) is 26.3 Å². The number of ether oxygens (including phenoxy) is 1. The molecule has 1 heterocycles. The van der Waals surface area contributed by atoms with Gasteiger partial charge in [-0.15, -0.1) is 0 Å². The molecule has 1 aliphatic rings. The van der Waals surface area contributed by atoms with Gasteiger partial charge in [-0.2, -0.15) is 0 Å². The molecule has 3 nitrogen and oxygen atoms in total. The van der Waals surface area contributed by atoms with E-state index in [2.05, 4.69) is 24.0 Å². The second kappa shape index (κ2) is 4.57. The van der Waals surface area contributed by atoms with E-state index in [9.17, 15) is 5.11 Å². The highest BCUT2D eigenvalue weighted by atomic mass is 16.5. The first-order valence-electron chi connectivity index (χ1n) is 6.22. The molecular weight excluding hydrogens is 214 g/mol. The minimum atomic E-state index is -0.783. The molecule has 0 bridgehead atoms. The lowest BCUT2D eigenvalue weighted by molar-refractivity contribution is 0.0285. The van der Waals surface area contributed by atoms with Gasteiger partial charge in [0.05, 0.1) is 5.60 Å². The van der Waals surface area contributed by atoms with Gasteiger partial charge in [-0.25, -0.2) is 0 Å². The molecule has 3 heteroatoms. The molecule has 0 amide bonds. The van der Waals surface area contributed by atoms with Gasteiger partial charge in [0.15, 0.2) is 0 Å². The zero-order valence-corrected chi connectivity index (χ0v) is 10.9. The monoisotopic (exact) mass is 235 g/mol. The normalized spacial score (nSPS) is 14.9. The summed E-state index contributed by atoms with van der Waals surface area (Å²) in [4.78, 5) is 2.37. The first-order valence-corrected chi connectivity index (χ1v) is 6.22. The molecule has 94 valence electrons. The Kier molecular flexibility index (Phi) is 3.29. The molecule has 0 aromatic heterocycles. The van der Waals surface area contributed by atoms with Crippen LogP contribution in [-0.4, -0.2) is 30.4 Å². The van der Waals surface area contributed by atoms with Crippen molar-refractivity contribution in [1.82, 2.24) is 0 Å². The van der Waals surface area contributed by atoms with Crippen molar-refractivity contribution < 1.29 is 9.84 Å². The lowest BCUT2D eigenvalue weighted by Gasteiger charge is -2.19. The van der Waals surface area contributed by atoms with Crippen molar-refractivity contribution in [3.05, 3.63) is 23.8 Å². The van der Waals surface area contributed by atoms with Crippen LogP contribution in [0.15, 0.2) is 18.2 Å². The van der Waals surface area contributed by atoms with E-state index in [4.69, 9.17) is 4.74 Å². The standard InChI is InChI=1S/C14H21NO2/c1-4-15-8-7-11-9-12(5-6-13(11)15)17-10-14(2,3)16/h5-6,9,16H,4,7-8,10H2,1-3H3. The van der Waals surface area contributed by atoms with E-state index in [1.54, 1.807) is 13.8 Å². The van der Waals surface area contributed by atoms with Crippen molar-refractivity contribution in [1.29, 1.82) is 0 Å². The van der Waals surface area contributed by atoms with E-state index in [1.165, 1.54) is 11.3 Å². The molecular formula is C14H21NO2. The number of aliphatic hydroxyl groups is 1. The van der Waals surface area contributed by atoms with Gasteiger partial charge in [0, 0.05) is 18.8 Å². The minimum absolute atomic E-state index is 0.323. The molecule has 1 aliphatic heterocycles. The minimum Gasteiger partial charge on any atom is -0.491 e. The van der Waals surface area contributed by atoms with Crippen LogP contribution < -0.4 is 9.64 Å². The van der Waals surface area contributed by atoms with E-state index in [0.29, 0.717) is 6.61 Å². The Balaban J connectivity index is 2.08. The third kappa shape index (κ3) is 2.91. The largest absolute Gasteiger partial charge is 0.491 e. The molecule has 1 N–H and O–H groups in total. The van der Waals surface area contributed by atoms with E-state index in [-0.39, 0.29) is 0 Å². The first kappa shape index (κ1) is 12.2. The molecule has 0 aliphatic carbocycles. The molecule has 0 spiro atoms. The predicted molar refractivity (Wildman–Crippen MR) is 69.8 cm³/mol. The van der Waals surface area contributed by atoms with Crippen molar-refractivity contribution in [3.63, 3.8) is 0 Å². The summed E-state index contributed by atoms with van der Waals surface area (Å²) >= 11 is 0. The fourth-order valence-electron chi connectivity index (χ4n) is 2.12. The van der Waals surface area contributed by atoms with Gasteiger partial charge in [0.2, 0.25) is 0 Å². The molecule has 0 unspecified atom stereocenters. The van der Waals surface area contributed by atoms with Gasteiger partial charge in [-0.1, -0.05) is 0 Å². The zero-order valence-electron chi connectivity index (χ0n) is 10.9. The van der Waals surface area contributed by atoms with Crippen molar-refractivity contribution in [2.75, 3.05) is 24.6 Å². The molecule has 0 fully saturated rings. The highest BCUT2D eigenvalue weighted by molar-refractivity contribution is 5.60. The molecule has 0 saturated heterocycles. The highest BCUT2D eigenvalue weighted by Crippen LogP contribution is 2.31. The Hall–Kier alpha value is -1.22. The Labute approximate surface area is 103 Å². The molecule has 1 aromatic rings. The highest BCUT2D eigenvalue weighted by Gasteiger charge is 2.19. The van der Waals surface area contributed by atoms with Crippen LogP contribution in [0.4, 0.5) is 5.69 Å². The van der Waals surface area contributed by atoms with Crippen LogP contribution in [-0.2, 0) is 6.42 Å². The number of nitrogens with zero attached hydrogens (tertiary/aromatic N) is 1. The summed E-state index contributed by atoms with van der Waals surface area (Å²) in [5.74, 6) is 0.851. The van der Waals surface area contributed by atoms with Crippen molar-refractivity contribution in [2.45, 2.75) is 32.8 Å². The van der Waals surface area contributed by atoms with Gasteiger partial charge < -0.3 is 14.7 Å². The Morgan fingerprint density at radius 3 is 2.82 bits per heavy atom. The van der Waals surface area contributed by atoms with Gasteiger partial charge in [-0.05, 0) is 51.0 Å². The van der Waals surface area contributed by atoms with Crippen LogP contribution >= 0.6 is 0 Å². The Morgan fingerprint density at radius 1 is 1.41 bits per heavy atom. The third-order valence-electron chi connectivity index (χ3n) is 3.02. The topological polar surface area (TPSA) is 32.7 Å². The second-order valence-electron chi connectivity index (χ2n) is 5.22. The quantitative estimate of drug-likeness (QED) is 0.868. The molecule has 0 atom stereocenters. The van der Waals surface area contributed by atoms with E-state index < -0.39 is 5.60 Å². The predicted octanol–water partition coefficient (Wildman–Crippen LogP) is 2.22. The van der Waals surface area contributed by atoms with Gasteiger partial charge in [0.25, 0.3) is 0 Å². The van der Waals surface area contributed by atoms with Crippen LogP contribution in [0.25, 0.3) is 0 Å². The lowest BCUT2D eigenvalue weighted by atomic mass is 10.1. The molecule has 2 rings (SSSR count). The summed E-state index contributed by atoms with van der Waals surface area (Å²) in [5.41, 5.74) is 1.89. The van der Waals surface area contributed by atoms with Crippen LogP contribution in [0, 0.1) is 0 Å². The number of fused-ring (bicyclic) bond motifs is 1. The van der Waals surface area contributed by atoms with Crippen LogP contribution in [0.5, 0.6) is 5.75 Å². The average Bonchev–Trinajstić information content (AvgIpc) is 2.67. The molecule has 0 saturated carbocycles. The van der Waals surface area contributed by atoms with Gasteiger partial charge in [0.1, 0.15) is 12.4 Å². The number of anilines is 1. The van der Waals surface area contributed by atoms with Crippen molar-refractivity contribution in [2.24, 2.45) is 0 Å². The zero-order chi connectivity index (χ0) is 12.5. The smallest absolute Gasteiger partial charge is 0.119 e. The summed E-state index contributed by atoms with van der Waals surface area (Å²) in [6.07, 6.45) is 1.09. The summed E-state index contributed by atoms with van der Waals surface area (Å²) < 4.78 is 5.60. The maximum Gasteiger partial charge on any atom is 0.119 e. The van der Waals surface area contributed by atoms with Gasteiger partial charge in [-0.3, -0.25) is 0 Å². The fraction of sp³-hybridized carbons (Fsp3) is 0.571. The van der Waals surface area contributed by atoms with E-state index in [1.807, 2.05) is 6.07 Å². The van der Waals surface area contributed by atoms with Crippen LogP contribution in [0.3, 0.4) is 0 Å². The number of benzene rings is 1. The van der Waals surface area contributed by atoms with Crippen molar-refractivity contribution >= 4 is 5.69 Å². The summed E-state index contributed by atoms with van der Waals surface area (Å²) in [5, 5.41) is 9.62. The average molecular weight is 235 g/mol. The maximum absolute atomic E-state index is 9.62. The third-order valence-corrected chi connectivity index (χ3v) is 3.02. The summed E-state index contributed by atoms with van der Waals surface area (Å²) in [7, 11) is 0. The van der Waals surface area contributed by atoms with Gasteiger partial charge >= 0.3 is 0 Å². The number of rotatable bonds is 4. The van der Waals surface area contributed by atoms with Crippen LogP contribution in [0.2, 0.25) is 0 Å². The first-order chi connectivity index (χ1) is 7.99. The molecule has 1 aromatic carbocycles. The summed E-state index contributed by atoms with van der Waals surface area (Å²) in [6.45, 7) is 8.15. The fourth-order valence-corrected chi connectivity index (χ4v) is 2.12. The number of hydrogen-bond donors (Lipinski definition) is 1. The Bertz CT molecular complexity index is 396. The van der Waals surface area contributed by atoms with E-state index in [0.717, 1.165) is 25.3 Å². The SMILES string of the molecule is CCN1CCc2cc(OCC(C)(C)O)ccc21. The second-order valence-corrected chi connectivity index (χ2v) is 5.22. The van der Waals surface area contributed by atoms with E-state index >= 15 is 0 Å². The lowest BCUT2D eigenvalue weighted by Crippen LogP contribution is -2.27.